The maximum Gasteiger partial charge on any atom is 0.337 e. The molecule has 1 aliphatic rings. The number of benzene rings is 3. The summed E-state index contributed by atoms with van der Waals surface area (Å²) in [5, 5.41) is 12.7. The van der Waals surface area contributed by atoms with Gasteiger partial charge in [-0.3, -0.25) is 4.79 Å². The van der Waals surface area contributed by atoms with Gasteiger partial charge < -0.3 is 15.2 Å². The summed E-state index contributed by atoms with van der Waals surface area (Å²) in [6, 6.07) is 13.4. The van der Waals surface area contributed by atoms with Gasteiger partial charge in [0, 0.05) is 29.1 Å². The molecule has 5 nitrogen and oxygen atoms in total. The second-order valence-corrected chi connectivity index (χ2v) is 8.66. The van der Waals surface area contributed by atoms with Crippen LogP contribution in [0.2, 0.25) is 5.02 Å². The van der Waals surface area contributed by atoms with Crippen LogP contribution in [0.1, 0.15) is 53.2 Å². The second kappa shape index (κ2) is 10.3. The van der Waals surface area contributed by atoms with Gasteiger partial charge in [-0.25, -0.2) is 13.6 Å². The number of allylic oxidation sites excluding steroid dienone is 2. The van der Waals surface area contributed by atoms with Gasteiger partial charge in [0.2, 0.25) is 5.91 Å². The molecule has 0 saturated heterocycles. The second-order valence-electron chi connectivity index (χ2n) is 8.22. The van der Waals surface area contributed by atoms with Gasteiger partial charge in [0.15, 0.2) is 0 Å². The average Bonchev–Trinajstić information content (AvgIpc) is 3.28. The molecule has 3 aromatic carbocycles. The minimum Gasteiger partial charge on any atom is -0.488 e. The van der Waals surface area contributed by atoms with Crippen LogP contribution in [-0.2, 0) is 11.4 Å². The van der Waals surface area contributed by atoms with E-state index in [0.717, 1.165) is 34.8 Å². The standard InChI is InChI=1S/C27H22ClF2NO4/c1-15(32)31-25-9-6-16(11-23(25)27(33)34)20-3-2-4-21(20)22-12-18(28)7-10-26(22)35-14-17-5-8-19(29)13-24(17)30/h5-13H,2-4,14H2,1H3,(H,31,32)(H,33,34). The molecule has 3 aromatic rings. The summed E-state index contributed by atoms with van der Waals surface area (Å²) in [6.45, 7) is 1.22. The molecule has 8 heteroatoms. The highest BCUT2D eigenvalue weighted by atomic mass is 35.5. The fraction of sp³-hybridized carbons (Fsp3) is 0.185. The van der Waals surface area contributed by atoms with E-state index in [0.29, 0.717) is 23.6 Å². The van der Waals surface area contributed by atoms with Crippen molar-refractivity contribution in [2.45, 2.75) is 32.8 Å². The van der Waals surface area contributed by atoms with E-state index in [-0.39, 0.29) is 29.3 Å². The van der Waals surface area contributed by atoms with Gasteiger partial charge in [0.1, 0.15) is 24.0 Å². The Bertz CT molecular complexity index is 1350. The highest BCUT2D eigenvalue weighted by molar-refractivity contribution is 6.30. The van der Waals surface area contributed by atoms with Gasteiger partial charge in [0.05, 0.1) is 11.3 Å². The maximum absolute atomic E-state index is 14.1. The Labute approximate surface area is 206 Å². The van der Waals surface area contributed by atoms with Gasteiger partial charge in [-0.15, -0.1) is 0 Å². The number of aromatic carboxylic acids is 1. The molecule has 4 rings (SSSR count). The first kappa shape index (κ1) is 24.4. The highest BCUT2D eigenvalue weighted by Crippen LogP contribution is 2.44. The molecule has 0 heterocycles. The van der Waals surface area contributed by atoms with Gasteiger partial charge in [-0.1, -0.05) is 17.7 Å². The lowest BCUT2D eigenvalue weighted by atomic mass is 9.94. The molecule has 0 radical (unpaired) electrons. The lowest BCUT2D eigenvalue weighted by molar-refractivity contribution is -0.114. The number of carboxylic acids is 1. The van der Waals surface area contributed by atoms with Crippen molar-refractivity contribution in [1.29, 1.82) is 0 Å². The van der Waals surface area contributed by atoms with Crippen LogP contribution < -0.4 is 10.1 Å². The minimum atomic E-state index is -1.15. The Morgan fingerprint density at radius 3 is 2.51 bits per heavy atom. The summed E-state index contributed by atoms with van der Waals surface area (Å²) in [5.41, 5.74) is 3.78. The monoisotopic (exact) mass is 497 g/mol. The van der Waals surface area contributed by atoms with E-state index in [1.807, 2.05) is 0 Å². The fourth-order valence-electron chi connectivity index (χ4n) is 4.23. The predicted molar refractivity (Wildman–Crippen MR) is 131 cm³/mol. The molecule has 35 heavy (non-hydrogen) atoms. The molecular weight excluding hydrogens is 476 g/mol. The van der Waals surface area contributed by atoms with E-state index in [9.17, 15) is 23.5 Å². The quantitative estimate of drug-likeness (QED) is 0.370. The zero-order valence-corrected chi connectivity index (χ0v) is 19.6. The van der Waals surface area contributed by atoms with Crippen molar-refractivity contribution in [2.24, 2.45) is 0 Å². The van der Waals surface area contributed by atoms with Gasteiger partial charge >= 0.3 is 5.97 Å². The minimum absolute atomic E-state index is 0.00852. The van der Waals surface area contributed by atoms with Crippen LogP contribution in [0.15, 0.2) is 54.6 Å². The molecule has 0 bridgehead atoms. The molecule has 0 spiro atoms. The number of nitrogens with one attached hydrogen (secondary N) is 1. The summed E-state index contributed by atoms with van der Waals surface area (Å²) in [5.74, 6) is -2.38. The molecule has 0 saturated carbocycles. The van der Waals surface area contributed by atoms with Crippen molar-refractivity contribution < 1.29 is 28.2 Å². The summed E-state index contributed by atoms with van der Waals surface area (Å²) in [4.78, 5) is 23.3. The van der Waals surface area contributed by atoms with Crippen LogP contribution in [0.3, 0.4) is 0 Å². The first-order valence-electron chi connectivity index (χ1n) is 11.0. The number of hydrogen-bond donors (Lipinski definition) is 2. The molecule has 0 atom stereocenters. The zero-order chi connectivity index (χ0) is 25.1. The van der Waals surface area contributed by atoms with Crippen LogP contribution in [0.25, 0.3) is 11.1 Å². The fourth-order valence-corrected chi connectivity index (χ4v) is 4.40. The van der Waals surface area contributed by atoms with Crippen LogP contribution in [-0.4, -0.2) is 17.0 Å². The lowest BCUT2D eigenvalue weighted by Crippen LogP contribution is -2.11. The Hall–Kier alpha value is -3.71. The van der Waals surface area contributed by atoms with Crippen LogP contribution in [0.5, 0.6) is 5.75 Å². The Balaban J connectivity index is 1.73. The smallest absolute Gasteiger partial charge is 0.337 e. The number of carbonyl (C=O) groups is 2. The van der Waals surface area contributed by atoms with E-state index in [1.165, 1.54) is 19.1 Å². The molecule has 0 unspecified atom stereocenters. The van der Waals surface area contributed by atoms with Gasteiger partial charge in [0.25, 0.3) is 0 Å². The maximum atomic E-state index is 14.1. The zero-order valence-electron chi connectivity index (χ0n) is 18.8. The topological polar surface area (TPSA) is 75.6 Å². The number of ether oxygens (including phenoxy) is 1. The first-order valence-corrected chi connectivity index (χ1v) is 11.3. The summed E-state index contributed by atoms with van der Waals surface area (Å²) in [6.07, 6.45) is 2.28. The number of hydrogen-bond acceptors (Lipinski definition) is 3. The van der Waals surface area contributed by atoms with Gasteiger partial charge in [-0.05, 0) is 78.4 Å². The third kappa shape index (κ3) is 5.52. The third-order valence-electron chi connectivity index (χ3n) is 5.79. The highest BCUT2D eigenvalue weighted by Gasteiger charge is 2.23. The lowest BCUT2D eigenvalue weighted by Gasteiger charge is -2.16. The number of anilines is 1. The van der Waals surface area contributed by atoms with Gasteiger partial charge in [-0.2, -0.15) is 0 Å². The van der Waals surface area contributed by atoms with E-state index < -0.39 is 17.6 Å². The number of carbonyl (C=O) groups excluding carboxylic acids is 1. The normalized spacial score (nSPS) is 13.1. The molecular formula is C27H22ClF2NO4. The Morgan fingerprint density at radius 1 is 1.03 bits per heavy atom. The SMILES string of the molecule is CC(=O)Nc1ccc(C2=C(c3cc(Cl)ccc3OCc3ccc(F)cc3F)CCC2)cc1C(=O)O. The van der Waals surface area contributed by atoms with E-state index in [4.69, 9.17) is 16.3 Å². The summed E-state index contributed by atoms with van der Waals surface area (Å²) < 4.78 is 33.3. The number of carboxylic acid groups (broad SMARTS) is 1. The predicted octanol–water partition coefficient (Wildman–Crippen LogP) is 6.95. The van der Waals surface area contributed by atoms with E-state index >= 15 is 0 Å². The van der Waals surface area contributed by atoms with Crippen LogP contribution in [0.4, 0.5) is 14.5 Å². The van der Waals surface area contributed by atoms with Crippen LogP contribution in [0, 0.1) is 11.6 Å². The van der Waals surface area contributed by atoms with Crippen molar-refractivity contribution in [3.05, 3.63) is 93.5 Å². The molecule has 0 aromatic heterocycles. The molecule has 0 aliphatic heterocycles. The third-order valence-corrected chi connectivity index (χ3v) is 6.03. The number of rotatable bonds is 7. The number of halogens is 3. The van der Waals surface area contributed by atoms with Crippen molar-refractivity contribution in [3.8, 4) is 5.75 Å². The Morgan fingerprint density at radius 2 is 1.80 bits per heavy atom. The van der Waals surface area contributed by atoms with E-state index in [2.05, 4.69) is 5.32 Å². The van der Waals surface area contributed by atoms with Crippen molar-refractivity contribution in [1.82, 2.24) is 0 Å². The molecule has 1 amide bonds. The summed E-state index contributed by atoms with van der Waals surface area (Å²) in [7, 11) is 0. The van der Waals surface area contributed by atoms with Crippen molar-refractivity contribution in [3.63, 3.8) is 0 Å². The Kier molecular flexibility index (Phi) is 7.17. The summed E-state index contributed by atoms with van der Waals surface area (Å²) >= 11 is 6.29. The largest absolute Gasteiger partial charge is 0.488 e. The first-order chi connectivity index (χ1) is 16.7. The molecule has 2 N–H and O–H groups in total. The van der Waals surface area contributed by atoms with Crippen molar-refractivity contribution in [2.75, 3.05) is 5.32 Å². The van der Waals surface area contributed by atoms with Crippen molar-refractivity contribution >= 4 is 40.3 Å². The molecule has 1 aliphatic carbocycles. The molecule has 0 fully saturated rings. The average molecular weight is 498 g/mol. The number of amides is 1. The van der Waals surface area contributed by atoms with Crippen LogP contribution >= 0.6 is 11.6 Å². The molecule has 180 valence electrons. The van der Waals surface area contributed by atoms with E-state index in [1.54, 1.807) is 36.4 Å².